The van der Waals surface area contributed by atoms with E-state index in [-0.39, 0.29) is 11.1 Å². The number of methoxy groups -OCH3 is 1. The summed E-state index contributed by atoms with van der Waals surface area (Å²) >= 11 is 0. The van der Waals surface area contributed by atoms with E-state index in [1.54, 1.807) is 25.1 Å². The van der Waals surface area contributed by atoms with Crippen molar-refractivity contribution in [2.45, 2.75) is 13.0 Å². The van der Waals surface area contributed by atoms with Gasteiger partial charge in [-0.3, -0.25) is 14.5 Å². The van der Waals surface area contributed by atoms with Crippen molar-refractivity contribution in [1.82, 2.24) is 4.90 Å². The van der Waals surface area contributed by atoms with E-state index in [1.807, 2.05) is 0 Å². The number of nitrogens with two attached hydrogens (primary N) is 1. The van der Waals surface area contributed by atoms with Crippen molar-refractivity contribution < 1.29 is 27.5 Å². The molecule has 0 saturated heterocycles. The summed E-state index contributed by atoms with van der Waals surface area (Å²) in [5.74, 6) is -0.714. The van der Waals surface area contributed by atoms with Gasteiger partial charge in [-0.15, -0.1) is 0 Å². The van der Waals surface area contributed by atoms with Gasteiger partial charge >= 0.3 is 0 Å². The van der Waals surface area contributed by atoms with Crippen molar-refractivity contribution in [3.8, 4) is 11.5 Å². The Morgan fingerprint density at radius 3 is 2.34 bits per heavy atom. The Hall–Kier alpha value is -3.07. The van der Waals surface area contributed by atoms with Gasteiger partial charge < -0.3 is 15.2 Å². The number of amides is 2. The smallest absolute Gasteiger partial charge is 0.262 e. The van der Waals surface area contributed by atoms with Crippen LogP contribution in [0.25, 0.3) is 0 Å². The number of imide groups is 1. The molecule has 0 aliphatic carbocycles. The highest BCUT2D eigenvalue weighted by Gasteiger charge is 2.42. The van der Waals surface area contributed by atoms with E-state index in [0.29, 0.717) is 29.4 Å². The third-order valence-corrected chi connectivity index (χ3v) is 5.51. The van der Waals surface area contributed by atoms with Crippen molar-refractivity contribution in [3.63, 3.8) is 0 Å². The van der Waals surface area contributed by atoms with Gasteiger partial charge in [-0.25, -0.2) is 8.42 Å². The fourth-order valence-electron chi connectivity index (χ4n) is 3.34. The first-order chi connectivity index (χ1) is 13.7. The summed E-state index contributed by atoms with van der Waals surface area (Å²) in [5, 5.41) is 0. The molecule has 29 heavy (non-hydrogen) atoms. The molecule has 0 fully saturated rings. The zero-order valence-corrected chi connectivity index (χ0v) is 17.2. The average Bonchev–Trinajstić information content (AvgIpc) is 2.89. The minimum Gasteiger partial charge on any atom is -0.493 e. The molecule has 1 heterocycles. The molecule has 0 saturated carbocycles. The first kappa shape index (κ1) is 20.7. The molecule has 2 aromatic rings. The number of nitrogen functional groups attached to an aromatic ring is 1. The number of ether oxygens (including phenoxy) is 2. The molecule has 0 bridgehead atoms. The Bertz CT molecular complexity index is 1080. The number of hydrogen-bond donors (Lipinski definition) is 1. The number of sulfone groups is 1. The van der Waals surface area contributed by atoms with Gasteiger partial charge in [-0.2, -0.15) is 0 Å². The Labute approximate surface area is 169 Å². The molecular weight excluding hydrogens is 396 g/mol. The fourth-order valence-corrected chi connectivity index (χ4v) is 4.25. The number of rotatable bonds is 7. The molecule has 1 aliphatic heterocycles. The maximum Gasteiger partial charge on any atom is 0.262 e. The summed E-state index contributed by atoms with van der Waals surface area (Å²) < 4.78 is 35.1. The van der Waals surface area contributed by atoms with Crippen molar-refractivity contribution in [3.05, 3.63) is 53.1 Å². The summed E-state index contributed by atoms with van der Waals surface area (Å²) in [7, 11) is -2.05. The van der Waals surface area contributed by atoms with Crippen LogP contribution in [-0.2, 0) is 9.84 Å². The monoisotopic (exact) mass is 418 g/mol. The average molecular weight is 418 g/mol. The largest absolute Gasteiger partial charge is 0.493 e. The van der Waals surface area contributed by atoms with E-state index in [4.69, 9.17) is 15.2 Å². The van der Waals surface area contributed by atoms with E-state index >= 15 is 0 Å². The Morgan fingerprint density at radius 1 is 1.03 bits per heavy atom. The minimum absolute atomic E-state index is 0.159. The molecule has 3 rings (SSSR count). The number of fused-ring (bicyclic) bond motifs is 1. The maximum absolute atomic E-state index is 13.0. The molecule has 2 N–H and O–H groups in total. The third-order valence-electron chi connectivity index (χ3n) is 4.59. The lowest BCUT2D eigenvalue weighted by Crippen LogP contribution is -2.37. The molecular formula is C20H22N2O6S. The Morgan fingerprint density at radius 2 is 1.72 bits per heavy atom. The SMILES string of the molecule is CCOc1cc(C(CS(C)(=O)=O)N2C(=O)c3ccc(N)cc3C2=O)ccc1OC. The predicted octanol–water partition coefficient (Wildman–Crippen LogP) is 2.06. The van der Waals surface area contributed by atoms with Crippen LogP contribution < -0.4 is 15.2 Å². The van der Waals surface area contributed by atoms with Gasteiger partial charge in [-0.05, 0) is 42.8 Å². The molecule has 2 amide bonds. The second-order valence-corrected chi connectivity index (χ2v) is 8.92. The number of carbonyl (C=O) groups excluding carboxylic acids is 2. The van der Waals surface area contributed by atoms with Crippen LogP contribution in [0.4, 0.5) is 5.69 Å². The van der Waals surface area contributed by atoms with Gasteiger partial charge in [0.15, 0.2) is 11.5 Å². The van der Waals surface area contributed by atoms with Crippen LogP contribution in [0.15, 0.2) is 36.4 Å². The summed E-state index contributed by atoms with van der Waals surface area (Å²) in [6, 6.07) is 8.23. The van der Waals surface area contributed by atoms with E-state index < -0.39 is 33.4 Å². The number of anilines is 1. The highest BCUT2D eigenvalue weighted by molar-refractivity contribution is 7.90. The van der Waals surface area contributed by atoms with Crippen LogP contribution in [0.5, 0.6) is 11.5 Å². The Balaban J connectivity index is 2.11. The van der Waals surface area contributed by atoms with Crippen LogP contribution in [0.2, 0.25) is 0 Å². The van der Waals surface area contributed by atoms with Crippen LogP contribution in [0.1, 0.15) is 39.2 Å². The zero-order chi connectivity index (χ0) is 21.3. The molecule has 1 aliphatic rings. The van der Waals surface area contributed by atoms with Gasteiger partial charge in [0.1, 0.15) is 9.84 Å². The summed E-state index contributed by atoms with van der Waals surface area (Å²) in [5.41, 5.74) is 6.89. The number of carbonyl (C=O) groups is 2. The topological polar surface area (TPSA) is 116 Å². The molecule has 8 nitrogen and oxygen atoms in total. The summed E-state index contributed by atoms with van der Waals surface area (Å²) in [6.45, 7) is 2.16. The fraction of sp³-hybridized carbons (Fsp3) is 0.300. The number of nitrogens with zero attached hydrogens (tertiary/aromatic N) is 1. The first-order valence-electron chi connectivity index (χ1n) is 8.92. The molecule has 0 aromatic heterocycles. The maximum atomic E-state index is 13.0. The molecule has 0 spiro atoms. The highest BCUT2D eigenvalue weighted by Crippen LogP contribution is 2.37. The highest BCUT2D eigenvalue weighted by atomic mass is 32.2. The van der Waals surface area contributed by atoms with Crippen molar-refractivity contribution >= 4 is 27.3 Å². The van der Waals surface area contributed by atoms with Gasteiger partial charge in [0.2, 0.25) is 0 Å². The van der Waals surface area contributed by atoms with E-state index in [1.165, 1.54) is 25.3 Å². The summed E-state index contributed by atoms with van der Waals surface area (Å²) in [4.78, 5) is 26.9. The molecule has 0 radical (unpaired) electrons. The second kappa shape index (κ2) is 7.75. The van der Waals surface area contributed by atoms with Gasteiger partial charge in [-0.1, -0.05) is 6.07 Å². The standard InChI is InChI=1S/C20H22N2O6S/c1-4-28-18-9-12(5-8-17(18)27-2)16(11-29(3,25)26)22-19(23)14-7-6-13(21)10-15(14)20(22)24/h5-10,16H,4,11,21H2,1-3H3. The minimum atomic E-state index is -3.53. The molecule has 9 heteroatoms. The van der Waals surface area contributed by atoms with Crippen LogP contribution in [0.3, 0.4) is 0 Å². The van der Waals surface area contributed by atoms with E-state index in [9.17, 15) is 18.0 Å². The zero-order valence-electron chi connectivity index (χ0n) is 16.3. The lowest BCUT2D eigenvalue weighted by molar-refractivity contribution is 0.0597. The molecule has 1 atom stereocenters. The molecule has 154 valence electrons. The van der Waals surface area contributed by atoms with Crippen LogP contribution in [-0.4, -0.2) is 50.9 Å². The Kier molecular flexibility index (Phi) is 5.52. The second-order valence-electron chi connectivity index (χ2n) is 6.74. The van der Waals surface area contributed by atoms with Gasteiger partial charge in [0.05, 0.1) is 36.6 Å². The quantitative estimate of drug-likeness (QED) is 0.540. The number of hydrogen-bond acceptors (Lipinski definition) is 7. The molecule has 1 unspecified atom stereocenters. The summed E-state index contributed by atoms with van der Waals surface area (Å²) in [6.07, 6.45) is 1.06. The predicted molar refractivity (Wildman–Crippen MR) is 108 cm³/mol. The van der Waals surface area contributed by atoms with Crippen molar-refractivity contribution in [2.75, 3.05) is 31.5 Å². The van der Waals surface area contributed by atoms with Gasteiger partial charge in [0.25, 0.3) is 11.8 Å². The van der Waals surface area contributed by atoms with Crippen molar-refractivity contribution in [2.24, 2.45) is 0 Å². The van der Waals surface area contributed by atoms with Gasteiger partial charge in [0, 0.05) is 11.9 Å². The number of benzene rings is 2. The lowest BCUT2D eigenvalue weighted by Gasteiger charge is -2.26. The normalized spacial score (nSPS) is 14.7. The first-order valence-corrected chi connectivity index (χ1v) is 11.0. The van der Waals surface area contributed by atoms with E-state index in [0.717, 1.165) is 11.2 Å². The lowest BCUT2D eigenvalue weighted by atomic mass is 10.1. The van der Waals surface area contributed by atoms with E-state index in [2.05, 4.69) is 0 Å². The van der Waals surface area contributed by atoms with Crippen LogP contribution in [0, 0.1) is 0 Å². The third kappa shape index (κ3) is 4.04. The van der Waals surface area contributed by atoms with Crippen LogP contribution >= 0.6 is 0 Å². The molecule has 2 aromatic carbocycles. The van der Waals surface area contributed by atoms with Crippen molar-refractivity contribution in [1.29, 1.82) is 0 Å².